The van der Waals surface area contributed by atoms with Gasteiger partial charge in [-0.1, -0.05) is 13.8 Å². The number of aliphatic hydroxyl groups is 1. The zero-order chi connectivity index (χ0) is 13.7. The number of hydrogen-bond donors (Lipinski definition) is 2. The second kappa shape index (κ2) is 6.54. The number of rotatable bonds is 6. The molecule has 18 heavy (non-hydrogen) atoms. The predicted molar refractivity (Wildman–Crippen MR) is 72.7 cm³/mol. The summed E-state index contributed by atoms with van der Waals surface area (Å²) in [7, 11) is 0. The summed E-state index contributed by atoms with van der Waals surface area (Å²) in [5.41, 5.74) is -0.108. The maximum absolute atomic E-state index is 12.1. The van der Waals surface area contributed by atoms with Gasteiger partial charge in [-0.15, -0.1) is 0 Å². The molecule has 5 nitrogen and oxygen atoms in total. The Morgan fingerprint density at radius 1 is 1.39 bits per heavy atom. The Morgan fingerprint density at radius 3 is 2.61 bits per heavy atom. The van der Waals surface area contributed by atoms with Crippen LogP contribution < -0.4 is 10.9 Å². The minimum atomic E-state index is -0.394. The minimum absolute atomic E-state index is 0.0140. The van der Waals surface area contributed by atoms with Crippen molar-refractivity contribution >= 4 is 5.82 Å². The highest BCUT2D eigenvalue weighted by molar-refractivity contribution is 5.31. The zero-order valence-corrected chi connectivity index (χ0v) is 11.6. The molecule has 2 N–H and O–H groups in total. The van der Waals surface area contributed by atoms with E-state index in [4.69, 9.17) is 0 Å². The molecule has 102 valence electrons. The summed E-state index contributed by atoms with van der Waals surface area (Å²) in [6.07, 6.45) is 3.52. The fourth-order valence-electron chi connectivity index (χ4n) is 1.89. The lowest BCUT2D eigenvalue weighted by Crippen LogP contribution is -2.30. The van der Waals surface area contributed by atoms with Crippen molar-refractivity contribution < 1.29 is 5.11 Å². The summed E-state index contributed by atoms with van der Waals surface area (Å²) in [5, 5.41) is 12.4. The number of anilines is 1. The van der Waals surface area contributed by atoms with Gasteiger partial charge in [0, 0.05) is 25.0 Å². The minimum Gasteiger partial charge on any atom is -0.393 e. The third-order valence-corrected chi connectivity index (χ3v) is 2.55. The second-order valence-corrected chi connectivity index (χ2v) is 5.26. The molecule has 0 bridgehead atoms. The molecule has 0 aliphatic heterocycles. The molecule has 0 saturated heterocycles. The molecule has 0 amide bonds. The summed E-state index contributed by atoms with van der Waals surface area (Å²) >= 11 is 0. The van der Waals surface area contributed by atoms with Crippen LogP contribution >= 0.6 is 0 Å². The highest BCUT2D eigenvalue weighted by atomic mass is 16.3. The van der Waals surface area contributed by atoms with E-state index in [1.165, 1.54) is 0 Å². The van der Waals surface area contributed by atoms with Crippen LogP contribution in [-0.4, -0.2) is 26.8 Å². The summed E-state index contributed by atoms with van der Waals surface area (Å²) in [5.74, 6) is 0.763. The molecule has 1 heterocycles. The van der Waals surface area contributed by atoms with E-state index in [2.05, 4.69) is 24.1 Å². The average Bonchev–Trinajstić information content (AvgIpc) is 2.22. The fourth-order valence-corrected chi connectivity index (χ4v) is 1.89. The van der Waals surface area contributed by atoms with Gasteiger partial charge in [0.15, 0.2) is 5.82 Å². The van der Waals surface area contributed by atoms with Crippen LogP contribution in [0.1, 0.15) is 34.1 Å². The van der Waals surface area contributed by atoms with E-state index < -0.39 is 6.10 Å². The smallest absolute Gasteiger partial charge is 0.293 e. The van der Waals surface area contributed by atoms with Crippen molar-refractivity contribution in [1.82, 2.24) is 9.55 Å². The first-order valence-corrected chi connectivity index (χ1v) is 6.40. The van der Waals surface area contributed by atoms with Crippen molar-refractivity contribution in [2.75, 3.05) is 5.32 Å². The van der Waals surface area contributed by atoms with Crippen LogP contribution in [0.5, 0.6) is 0 Å². The van der Waals surface area contributed by atoms with Crippen molar-refractivity contribution in [3.8, 4) is 0 Å². The van der Waals surface area contributed by atoms with Gasteiger partial charge in [0.05, 0.1) is 6.10 Å². The molecule has 1 rings (SSSR count). The van der Waals surface area contributed by atoms with Crippen LogP contribution in [0.3, 0.4) is 0 Å². The third-order valence-electron chi connectivity index (χ3n) is 2.55. The first-order chi connectivity index (χ1) is 8.40. The Balaban J connectivity index is 2.81. The molecular formula is C13H23N3O2. The molecule has 5 heteroatoms. The van der Waals surface area contributed by atoms with E-state index in [9.17, 15) is 9.90 Å². The standard InChI is InChI=1S/C13H23N3O2/c1-9(2)8-16-6-5-14-12(13(16)18)15-10(3)7-11(4)17/h5-6,9-11,17H,7-8H2,1-4H3,(H,14,15). The molecule has 2 atom stereocenters. The molecular weight excluding hydrogens is 230 g/mol. The molecule has 0 aliphatic rings. The molecule has 0 spiro atoms. The van der Waals surface area contributed by atoms with Gasteiger partial charge in [-0.05, 0) is 26.2 Å². The van der Waals surface area contributed by atoms with Gasteiger partial charge in [0.25, 0.3) is 5.56 Å². The third kappa shape index (κ3) is 4.49. The van der Waals surface area contributed by atoms with Gasteiger partial charge in [-0.3, -0.25) is 4.79 Å². The molecule has 1 aromatic rings. The Labute approximate surface area is 108 Å². The first kappa shape index (κ1) is 14.7. The van der Waals surface area contributed by atoms with Gasteiger partial charge < -0.3 is 15.0 Å². The summed E-state index contributed by atoms with van der Waals surface area (Å²) in [4.78, 5) is 16.2. The van der Waals surface area contributed by atoms with Crippen LogP contribution in [0.25, 0.3) is 0 Å². The average molecular weight is 253 g/mol. The maximum atomic E-state index is 12.1. The monoisotopic (exact) mass is 253 g/mol. The van der Waals surface area contributed by atoms with E-state index in [1.807, 2.05) is 6.92 Å². The molecule has 2 unspecified atom stereocenters. The summed E-state index contributed by atoms with van der Waals surface area (Å²) in [6, 6.07) is 0.0140. The number of aromatic nitrogens is 2. The lowest BCUT2D eigenvalue weighted by Gasteiger charge is -2.16. The maximum Gasteiger partial charge on any atom is 0.293 e. The van der Waals surface area contributed by atoms with E-state index in [0.29, 0.717) is 24.7 Å². The zero-order valence-electron chi connectivity index (χ0n) is 11.6. The highest BCUT2D eigenvalue weighted by Crippen LogP contribution is 2.04. The summed E-state index contributed by atoms with van der Waals surface area (Å²) in [6.45, 7) is 8.47. The second-order valence-electron chi connectivity index (χ2n) is 5.26. The van der Waals surface area contributed by atoms with E-state index >= 15 is 0 Å². The Morgan fingerprint density at radius 2 is 2.06 bits per heavy atom. The normalized spacial score (nSPS) is 14.6. The quantitative estimate of drug-likeness (QED) is 0.805. The van der Waals surface area contributed by atoms with Gasteiger partial charge >= 0.3 is 0 Å². The van der Waals surface area contributed by atoms with Crippen LogP contribution in [0.2, 0.25) is 0 Å². The van der Waals surface area contributed by atoms with E-state index in [0.717, 1.165) is 0 Å². The Bertz CT molecular complexity index is 426. The van der Waals surface area contributed by atoms with Crippen molar-refractivity contribution in [2.24, 2.45) is 5.92 Å². The lowest BCUT2D eigenvalue weighted by molar-refractivity contribution is 0.179. The highest BCUT2D eigenvalue weighted by Gasteiger charge is 2.10. The topological polar surface area (TPSA) is 67.2 Å². The largest absolute Gasteiger partial charge is 0.393 e. The fraction of sp³-hybridized carbons (Fsp3) is 0.692. The molecule has 0 aromatic carbocycles. The molecule has 0 saturated carbocycles. The van der Waals surface area contributed by atoms with Gasteiger partial charge in [-0.2, -0.15) is 0 Å². The van der Waals surface area contributed by atoms with Gasteiger partial charge in [0.1, 0.15) is 0 Å². The number of nitrogens with zero attached hydrogens (tertiary/aromatic N) is 2. The van der Waals surface area contributed by atoms with E-state index in [-0.39, 0.29) is 11.6 Å². The number of aliphatic hydroxyl groups excluding tert-OH is 1. The van der Waals surface area contributed by atoms with Crippen LogP contribution in [0, 0.1) is 5.92 Å². The number of nitrogens with one attached hydrogen (secondary N) is 1. The predicted octanol–water partition coefficient (Wildman–Crippen LogP) is 1.47. The van der Waals surface area contributed by atoms with Crippen LogP contribution in [0.15, 0.2) is 17.2 Å². The molecule has 0 fully saturated rings. The summed E-state index contributed by atoms with van der Waals surface area (Å²) < 4.78 is 1.66. The van der Waals surface area contributed by atoms with Crippen LogP contribution in [-0.2, 0) is 6.54 Å². The molecule has 1 aromatic heterocycles. The Kier molecular flexibility index (Phi) is 5.34. The van der Waals surface area contributed by atoms with Gasteiger partial charge in [-0.25, -0.2) is 4.98 Å². The molecule has 0 radical (unpaired) electrons. The molecule has 0 aliphatic carbocycles. The number of hydrogen-bond acceptors (Lipinski definition) is 4. The van der Waals surface area contributed by atoms with Crippen LogP contribution in [0.4, 0.5) is 5.82 Å². The van der Waals surface area contributed by atoms with Crippen molar-refractivity contribution in [3.63, 3.8) is 0 Å². The first-order valence-electron chi connectivity index (χ1n) is 6.40. The SMILES string of the molecule is CC(C)Cn1ccnc(NC(C)CC(C)O)c1=O. The van der Waals surface area contributed by atoms with Crippen molar-refractivity contribution in [1.29, 1.82) is 0 Å². The lowest BCUT2D eigenvalue weighted by atomic mass is 10.1. The van der Waals surface area contributed by atoms with Gasteiger partial charge in [0.2, 0.25) is 0 Å². The van der Waals surface area contributed by atoms with E-state index in [1.54, 1.807) is 23.9 Å². The Hall–Kier alpha value is -1.36. The van der Waals surface area contributed by atoms with Crippen molar-refractivity contribution in [3.05, 3.63) is 22.7 Å². The van der Waals surface area contributed by atoms with Crippen molar-refractivity contribution in [2.45, 2.75) is 52.8 Å².